The molecule has 0 aromatic rings. The van der Waals surface area contributed by atoms with Crippen molar-refractivity contribution >= 4 is 47.8 Å². The van der Waals surface area contributed by atoms with Crippen LogP contribution in [0.3, 0.4) is 0 Å². The SMILES string of the molecule is CC(C=NN(C)C1=NCCCCN1)=NN(C)C1=NCCCCN1.I. The number of nitrogens with one attached hydrogen (secondary N) is 2. The van der Waals surface area contributed by atoms with Gasteiger partial charge in [-0.3, -0.25) is 9.98 Å². The minimum atomic E-state index is 0. The number of hydrogen-bond acceptors (Lipinski definition) is 8. The van der Waals surface area contributed by atoms with Crippen LogP contribution in [0.25, 0.3) is 0 Å². The Morgan fingerprint density at radius 2 is 1.50 bits per heavy atom. The van der Waals surface area contributed by atoms with Gasteiger partial charge in [-0.25, -0.2) is 10.0 Å². The minimum Gasteiger partial charge on any atom is -0.355 e. The maximum absolute atomic E-state index is 4.50. The molecule has 9 heteroatoms. The molecule has 2 heterocycles. The lowest BCUT2D eigenvalue weighted by Gasteiger charge is -2.17. The van der Waals surface area contributed by atoms with Crippen molar-refractivity contribution in [2.75, 3.05) is 40.3 Å². The number of hydrogen-bond donors (Lipinski definition) is 2. The summed E-state index contributed by atoms with van der Waals surface area (Å²) in [6.45, 7) is 5.51. The molecule has 136 valence electrons. The molecule has 0 bridgehead atoms. The van der Waals surface area contributed by atoms with Gasteiger partial charge >= 0.3 is 0 Å². The van der Waals surface area contributed by atoms with E-state index in [0.29, 0.717) is 0 Å². The van der Waals surface area contributed by atoms with Gasteiger partial charge in [-0.15, -0.1) is 24.0 Å². The Bertz CT molecular complexity index is 500. The van der Waals surface area contributed by atoms with Crippen LogP contribution in [-0.2, 0) is 0 Å². The monoisotopic (exact) mass is 448 g/mol. The third-order valence-corrected chi connectivity index (χ3v) is 3.60. The van der Waals surface area contributed by atoms with E-state index in [1.54, 1.807) is 16.2 Å². The van der Waals surface area contributed by atoms with Gasteiger partial charge in [0.1, 0.15) is 0 Å². The Hall–Kier alpha value is -1.39. The Balaban J connectivity index is 0.00000288. The number of hydrazone groups is 2. The second-order valence-corrected chi connectivity index (χ2v) is 5.71. The lowest BCUT2D eigenvalue weighted by atomic mass is 10.3. The normalized spacial score (nSPS) is 19.0. The van der Waals surface area contributed by atoms with Crippen molar-refractivity contribution in [2.24, 2.45) is 20.2 Å². The zero-order valence-corrected chi connectivity index (χ0v) is 17.2. The molecule has 2 aliphatic rings. The minimum absolute atomic E-state index is 0. The van der Waals surface area contributed by atoms with Gasteiger partial charge in [0.2, 0.25) is 11.9 Å². The first kappa shape index (κ1) is 20.7. The summed E-state index contributed by atoms with van der Waals surface area (Å²) >= 11 is 0. The predicted molar refractivity (Wildman–Crippen MR) is 112 cm³/mol. The molecule has 0 saturated heterocycles. The zero-order chi connectivity index (χ0) is 16.5. The van der Waals surface area contributed by atoms with E-state index in [1.165, 1.54) is 0 Å². The molecule has 0 unspecified atom stereocenters. The fourth-order valence-corrected chi connectivity index (χ4v) is 2.32. The van der Waals surface area contributed by atoms with Crippen LogP contribution < -0.4 is 10.6 Å². The summed E-state index contributed by atoms with van der Waals surface area (Å²) in [7, 11) is 3.79. The average Bonchev–Trinajstić information content (AvgIpc) is 2.97. The van der Waals surface area contributed by atoms with Gasteiger partial charge in [-0.1, -0.05) is 0 Å². The fraction of sp³-hybridized carbons (Fsp3) is 0.733. The molecule has 0 aromatic carbocycles. The van der Waals surface area contributed by atoms with Gasteiger partial charge in [0.15, 0.2) is 0 Å². The smallest absolute Gasteiger partial charge is 0.214 e. The average molecular weight is 448 g/mol. The summed E-state index contributed by atoms with van der Waals surface area (Å²) in [6.07, 6.45) is 6.27. The van der Waals surface area contributed by atoms with E-state index in [0.717, 1.165) is 69.5 Å². The molecule has 0 aromatic heterocycles. The summed E-state index contributed by atoms with van der Waals surface area (Å²) in [4.78, 5) is 8.98. The van der Waals surface area contributed by atoms with Crippen LogP contribution in [0, 0.1) is 0 Å². The topological polar surface area (TPSA) is 80.0 Å². The van der Waals surface area contributed by atoms with E-state index < -0.39 is 0 Å². The summed E-state index contributed by atoms with van der Waals surface area (Å²) < 4.78 is 0. The molecule has 2 N–H and O–H groups in total. The Labute approximate surface area is 161 Å². The van der Waals surface area contributed by atoms with Crippen LogP contribution >= 0.6 is 24.0 Å². The van der Waals surface area contributed by atoms with Crippen LogP contribution in [0.5, 0.6) is 0 Å². The molecular weight excluding hydrogens is 419 g/mol. The molecule has 0 radical (unpaired) electrons. The molecule has 24 heavy (non-hydrogen) atoms. The molecular formula is C15H29IN8. The Morgan fingerprint density at radius 1 is 0.958 bits per heavy atom. The van der Waals surface area contributed by atoms with Crippen molar-refractivity contribution in [3.05, 3.63) is 0 Å². The highest BCUT2D eigenvalue weighted by Gasteiger charge is 2.08. The number of aliphatic imine (C=N–C) groups is 2. The summed E-state index contributed by atoms with van der Waals surface area (Å²) in [5.41, 5.74) is 0.808. The molecule has 0 spiro atoms. The summed E-state index contributed by atoms with van der Waals surface area (Å²) in [5, 5.41) is 19.0. The second-order valence-electron chi connectivity index (χ2n) is 5.71. The van der Waals surface area contributed by atoms with Crippen LogP contribution in [0.1, 0.15) is 32.6 Å². The van der Waals surface area contributed by atoms with Crippen molar-refractivity contribution in [3.63, 3.8) is 0 Å². The highest BCUT2D eigenvalue weighted by atomic mass is 127. The van der Waals surface area contributed by atoms with E-state index in [2.05, 4.69) is 30.8 Å². The largest absolute Gasteiger partial charge is 0.355 e. The lowest BCUT2D eigenvalue weighted by molar-refractivity contribution is 0.515. The van der Waals surface area contributed by atoms with Gasteiger partial charge < -0.3 is 10.6 Å². The van der Waals surface area contributed by atoms with Gasteiger partial charge in [0.25, 0.3) is 0 Å². The highest BCUT2D eigenvalue weighted by Crippen LogP contribution is 1.99. The predicted octanol–water partition coefficient (Wildman–Crippen LogP) is 1.31. The van der Waals surface area contributed by atoms with Crippen LogP contribution in [0.4, 0.5) is 0 Å². The van der Waals surface area contributed by atoms with Crippen LogP contribution in [-0.4, -0.2) is 74.1 Å². The summed E-state index contributed by atoms with van der Waals surface area (Å²) in [6, 6.07) is 0. The number of nitrogens with zero attached hydrogens (tertiary/aromatic N) is 6. The molecule has 2 rings (SSSR count). The van der Waals surface area contributed by atoms with Crippen molar-refractivity contribution in [1.82, 2.24) is 20.7 Å². The van der Waals surface area contributed by atoms with Gasteiger partial charge in [-0.2, -0.15) is 10.2 Å². The van der Waals surface area contributed by atoms with Gasteiger partial charge in [0, 0.05) is 40.3 Å². The standard InChI is InChI=1S/C15H28N8.HI/c1-13(21-23(3)15-18-10-6-7-11-19-15)12-20-22(2)14-16-8-4-5-9-17-14;/h12H,4-11H2,1-3H3,(H,16,17)(H,18,19);1H. The number of halogens is 1. The number of guanidine groups is 2. The summed E-state index contributed by atoms with van der Waals surface area (Å²) in [5.74, 6) is 1.63. The number of rotatable bonds is 3. The van der Waals surface area contributed by atoms with Gasteiger partial charge in [-0.05, 0) is 32.6 Å². The van der Waals surface area contributed by atoms with E-state index >= 15 is 0 Å². The van der Waals surface area contributed by atoms with Crippen LogP contribution in [0.2, 0.25) is 0 Å². The van der Waals surface area contributed by atoms with E-state index in [9.17, 15) is 0 Å². The Morgan fingerprint density at radius 3 is 2.08 bits per heavy atom. The van der Waals surface area contributed by atoms with Crippen molar-refractivity contribution in [2.45, 2.75) is 32.6 Å². The molecule has 0 saturated carbocycles. The van der Waals surface area contributed by atoms with Crippen molar-refractivity contribution in [1.29, 1.82) is 0 Å². The fourth-order valence-electron chi connectivity index (χ4n) is 2.32. The van der Waals surface area contributed by atoms with E-state index in [4.69, 9.17) is 0 Å². The third-order valence-electron chi connectivity index (χ3n) is 3.60. The highest BCUT2D eigenvalue weighted by molar-refractivity contribution is 14.0. The Kier molecular flexibility index (Phi) is 9.65. The molecule has 0 amide bonds. The maximum Gasteiger partial charge on any atom is 0.214 e. The van der Waals surface area contributed by atoms with E-state index in [-0.39, 0.29) is 24.0 Å². The molecule has 0 fully saturated rings. The maximum atomic E-state index is 4.50. The molecule has 0 atom stereocenters. The zero-order valence-electron chi connectivity index (χ0n) is 14.8. The molecule has 8 nitrogen and oxygen atoms in total. The first-order valence-corrected chi connectivity index (χ1v) is 8.30. The third kappa shape index (κ3) is 7.02. The lowest BCUT2D eigenvalue weighted by Crippen LogP contribution is -2.36. The second kappa shape index (κ2) is 11.2. The van der Waals surface area contributed by atoms with Crippen molar-refractivity contribution in [3.8, 4) is 0 Å². The van der Waals surface area contributed by atoms with Crippen LogP contribution in [0.15, 0.2) is 20.2 Å². The molecule has 2 aliphatic heterocycles. The first-order valence-electron chi connectivity index (χ1n) is 8.30. The van der Waals surface area contributed by atoms with Gasteiger partial charge in [0.05, 0.1) is 11.9 Å². The quantitative estimate of drug-likeness (QED) is 0.388. The first-order chi connectivity index (χ1) is 11.2. The molecule has 0 aliphatic carbocycles. The van der Waals surface area contributed by atoms with Crippen molar-refractivity contribution < 1.29 is 0 Å². The van der Waals surface area contributed by atoms with E-state index in [1.807, 2.05) is 21.0 Å².